The predicted molar refractivity (Wildman–Crippen MR) is 186 cm³/mol. The van der Waals surface area contributed by atoms with E-state index in [4.69, 9.17) is 9.47 Å². The number of para-hydroxylation sites is 1. The highest BCUT2D eigenvalue weighted by Crippen LogP contribution is 2.43. The fourth-order valence-corrected chi connectivity index (χ4v) is 7.61. The van der Waals surface area contributed by atoms with E-state index in [-0.39, 0.29) is 24.8 Å². The number of nitrogens with zero attached hydrogens (tertiary/aromatic N) is 7. The van der Waals surface area contributed by atoms with Crippen LogP contribution in [0.4, 0.5) is 10.2 Å². The fourth-order valence-electron chi connectivity index (χ4n) is 6.52. The number of hydrogen-bond acceptors (Lipinski definition) is 9. The van der Waals surface area contributed by atoms with Crippen molar-refractivity contribution in [1.29, 1.82) is 0 Å². The van der Waals surface area contributed by atoms with Crippen LogP contribution in [-0.2, 0) is 11.3 Å². The maximum Gasteiger partial charge on any atom is 0.264 e. The average Bonchev–Trinajstić information content (AvgIpc) is 3.85. The van der Waals surface area contributed by atoms with Crippen LogP contribution in [0, 0.1) is 5.82 Å². The molecule has 0 radical (unpaired) electrons. The maximum atomic E-state index is 16.7. The summed E-state index contributed by atoms with van der Waals surface area (Å²) in [7, 11) is 3.23. The van der Waals surface area contributed by atoms with Crippen molar-refractivity contribution in [2.45, 2.75) is 19.4 Å². The minimum atomic E-state index is -0.395. The Bertz CT molecular complexity index is 2020. The summed E-state index contributed by atoms with van der Waals surface area (Å²) in [4.78, 5) is 37.8. The molecule has 0 spiro atoms. The van der Waals surface area contributed by atoms with Gasteiger partial charge in [0.15, 0.2) is 11.6 Å². The molecule has 0 unspecified atom stereocenters. The van der Waals surface area contributed by atoms with Gasteiger partial charge >= 0.3 is 0 Å². The molecule has 5 aromatic rings. The van der Waals surface area contributed by atoms with Crippen LogP contribution in [0.5, 0.6) is 11.5 Å². The number of thiophene rings is 1. The van der Waals surface area contributed by atoms with Gasteiger partial charge in [0.1, 0.15) is 11.6 Å². The number of anilines is 1. The van der Waals surface area contributed by atoms with Crippen LogP contribution < -0.4 is 14.4 Å². The molecule has 0 aliphatic carbocycles. The van der Waals surface area contributed by atoms with Crippen LogP contribution in [0.15, 0.2) is 73.2 Å². The van der Waals surface area contributed by atoms with Crippen molar-refractivity contribution >= 4 is 44.6 Å². The molecule has 2 amide bonds. The largest absolute Gasteiger partial charge is 0.496 e. The topological polar surface area (TPSA) is 106 Å². The average molecular weight is 682 g/mol. The summed E-state index contributed by atoms with van der Waals surface area (Å²) in [6.07, 6.45) is 7.91. The maximum absolute atomic E-state index is 16.7. The molecule has 252 valence electrons. The van der Waals surface area contributed by atoms with Crippen LogP contribution in [0.25, 0.3) is 26.8 Å². The van der Waals surface area contributed by atoms with Crippen molar-refractivity contribution in [3.8, 4) is 22.6 Å². The molecule has 0 bridgehead atoms. The Kier molecular flexibility index (Phi) is 9.25. The Morgan fingerprint density at radius 2 is 1.69 bits per heavy atom. The third-order valence-corrected chi connectivity index (χ3v) is 10.2. The summed E-state index contributed by atoms with van der Waals surface area (Å²) in [6.45, 7) is 3.44. The number of carbonyl (C=O) groups is 2. The number of rotatable bonds is 9. The van der Waals surface area contributed by atoms with Crippen LogP contribution in [0.1, 0.15) is 28.1 Å². The lowest BCUT2D eigenvalue weighted by Crippen LogP contribution is -2.49. The second kappa shape index (κ2) is 14.0. The third kappa shape index (κ3) is 6.45. The van der Waals surface area contributed by atoms with Gasteiger partial charge in [-0.1, -0.05) is 29.5 Å². The first kappa shape index (κ1) is 32.3. The Morgan fingerprint density at radius 3 is 2.47 bits per heavy atom. The molecule has 2 aromatic carbocycles. The van der Waals surface area contributed by atoms with E-state index in [1.165, 1.54) is 11.3 Å². The van der Waals surface area contributed by atoms with Gasteiger partial charge in [-0.15, -0.1) is 16.4 Å². The Balaban J connectivity index is 1.19. The standard InChI is InChI=1S/C36H36FN7O4S/c1-47-29-9-4-3-8-25(29)27-21-26(24-7-6-14-43(23-24)32(45)11-15-44-16-13-39-40-44)33(37)34-28(27)22-31(49-34)36(46)42-19-17-41(18-20-42)35-30(48-2)10-5-12-38-35/h3-5,7-10,12-13,16,21-22H,6,11,14-15,17-20,23H2,1-2H3. The number of benzene rings is 2. The van der Waals surface area contributed by atoms with Crippen LogP contribution in [-0.4, -0.2) is 95.1 Å². The highest BCUT2D eigenvalue weighted by Gasteiger charge is 2.29. The lowest BCUT2D eigenvalue weighted by atomic mass is 9.93. The predicted octanol–water partition coefficient (Wildman–Crippen LogP) is 5.38. The summed E-state index contributed by atoms with van der Waals surface area (Å²) < 4.78 is 29.9. The minimum absolute atomic E-state index is 0.0295. The third-order valence-electron chi connectivity index (χ3n) is 9.07. The molecule has 2 aliphatic rings. The Hall–Kier alpha value is -5.30. The summed E-state index contributed by atoms with van der Waals surface area (Å²) in [6, 6.07) is 15.0. The fraction of sp³-hybridized carbons (Fsp3) is 0.306. The SMILES string of the molecule is COc1ccccc1-c1cc(C2=CCCN(C(=O)CCn3ccnn3)C2)c(F)c2sc(C(=O)N3CCN(c4ncccc4OC)CC3)cc12. The van der Waals surface area contributed by atoms with Crippen molar-refractivity contribution in [3.63, 3.8) is 0 Å². The number of amides is 2. The number of hydrogen-bond donors (Lipinski definition) is 0. The molecular formula is C36H36FN7O4S. The molecule has 0 atom stereocenters. The number of fused-ring (bicyclic) bond motifs is 1. The smallest absolute Gasteiger partial charge is 0.264 e. The number of piperazine rings is 1. The number of ether oxygens (including phenoxy) is 2. The zero-order valence-corrected chi connectivity index (χ0v) is 28.2. The molecule has 0 saturated carbocycles. The van der Waals surface area contributed by atoms with E-state index >= 15 is 4.39 Å². The van der Waals surface area contributed by atoms with Gasteiger partial charge in [-0.25, -0.2) is 9.37 Å². The molecule has 5 heterocycles. The monoisotopic (exact) mass is 681 g/mol. The van der Waals surface area contributed by atoms with Crippen molar-refractivity contribution < 1.29 is 23.5 Å². The highest BCUT2D eigenvalue weighted by atomic mass is 32.1. The zero-order valence-electron chi connectivity index (χ0n) is 27.3. The number of aromatic nitrogens is 4. The van der Waals surface area contributed by atoms with Gasteiger partial charge < -0.3 is 24.2 Å². The number of methoxy groups -OCH3 is 2. The second-order valence-corrected chi connectivity index (χ2v) is 12.9. The summed E-state index contributed by atoms with van der Waals surface area (Å²) in [5.41, 5.74) is 2.71. The zero-order chi connectivity index (χ0) is 33.9. The first-order chi connectivity index (χ1) is 23.9. The molecule has 2 aliphatic heterocycles. The van der Waals surface area contributed by atoms with Crippen LogP contribution in [0.2, 0.25) is 0 Å². The molecule has 1 fully saturated rings. The van der Waals surface area contributed by atoms with E-state index in [1.54, 1.807) is 48.5 Å². The van der Waals surface area contributed by atoms with Crippen molar-refractivity contribution in [2.24, 2.45) is 0 Å². The van der Waals surface area contributed by atoms with Gasteiger partial charge in [-0.3, -0.25) is 14.3 Å². The van der Waals surface area contributed by atoms with Crippen molar-refractivity contribution in [2.75, 3.05) is 58.4 Å². The van der Waals surface area contributed by atoms with E-state index in [0.29, 0.717) is 77.7 Å². The van der Waals surface area contributed by atoms with E-state index in [2.05, 4.69) is 20.2 Å². The number of pyridine rings is 1. The van der Waals surface area contributed by atoms with Gasteiger partial charge in [0.25, 0.3) is 5.91 Å². The Morgan fingerprint density at radius 1 is 0.898 bits per heavy atom. The highest BCUT2D eigenvalue weighted by molar-refractivity contribution is 7.21. The van der Waals surface area contributed by atoms with Gasteiger partial charge in [0.05, 0.1) is 36.5 Å². The molecule has 13 heteroatoms. The van der Waals surface area contributed by atoms with Crippen LogP contribution >= 0.6 is 11.3 Å². The molecule has 0 N–H and O–H groups in total. The van der Waals surface area contributed by atoms with E-state index < -0.39 is 5.82 Å². The minimum Gasteiger partial charge on any atom is -0.496 e. The summed E-state index contributed by atoms with van der Waals surface area (Å²) >= 11 is 1.17. The van der Waals surface area contributed by atoms with E-state index in [9.17, 15) is 9.59 Å². The molecule has 11 nitrogen and oxygen atoms in total. The number of halogens is 1. The lowest BCUT2D eigenvalue weighted by molar-refractivity contribution is -0.131. The van der Waals surface area contributed by atoms with Crippen molar-refractivity contribution in [1.82, 2.24) is 29.8 Å². The van der Waals surface area contributed by atoms with Gasteiger partial charge in [-0.2, -0.15) is 0 Å². The normalized spacial score (nSPS) is 15.0. The van der Waals surface area contributed by atoms with Gasteiger partial charge in [0.2, 0.25) is 5.91 Å². The molecular weight excluding hydrogens is 646 g/mol. The van der Waals surface area contributed by atoms with Crippen molar-refractivity contribution in [3.05, 3.63) is 89.5 Å². The summed E-state index contributed by atoms with van der Waals surface area (Å²) in [5.74, 6) is 1.52. The molecule has 7 rings (SSSR count). The quantitative estimate of drug-likeness (QED) is 0.204. The molecule has 3 aromatic heterocycles. The molecule has 1 saturated heterocycles. The first-order valence-electron chi connectivity index (χ1n) is 16.2. The van der Waals surface area contributed by atoms with E-state index in [0.717, 1.165) is 22.5 Å². The second-order valence-electron chi connectivity index (χ2n) is 11.9. The number of aryl methyl sites for hydroxylation is 1. The lowest BCUT2D eigenvalue weighted by Gasteiger charge is -2.35. The summed E-state index contributed by atoms with van der Waals surface area (Å²) in [5, 5.41) is 8.39. The van der Waals surface area contributed by atoms with Crippen LogP contribution in [0.3, 0.4) is 0 Å². The number of carbonyl (C=O) groups excluding carboxylic acids is 2. The first-order valence-corrected chi connectivity index (χ1v) is 17.0. The van der Waals surface area contributed by atoms with Gasteiger partial charge in [-0.05, 0) is 47.9 Å². The van der Waals surface area contributed by atoms with Gasteiger partial charge in [0, 0.05) is 74.6 Å². The van der Waals surface area contributed by atoms with E-state index in [1.807, 2.05) is 53.4 Å². The Labute approximate surface area is 287 Å². The molecule has 49 heavy (non-hydrogen) atoms.